The number of nitrogens with one attached hydrogen (secondary N) is 2. The highest BCUT2D eigenvalue weighted by molar-refractivity contribution is 7.92. The summed E-state index contributed by atoms with van der Waals surface area (Å²) in [6.45, 7) is -0.214. The van der Waals surface area contributed by atoms with Gasteiger partial charge in [0.15, 0.2) is 0 Å². The van der Waals surface area contributed by atoms with Gasteiger partial charge in [0.2, 0.25) is 0 Å². The zero-order valence-corrected chi connectivity index (χ0v) is 9.81. The minimum absolute atomic E-state index is 0.114. The average molecular weight is 258 g/mol. The number of aliphatic hydroxyl groups excluding tert-OH is 1. The molecule has 0 bridgehead atoms. The first-order valence-corrected chi connectivity index (χ1v) is 6.87. The van der Waals surface area contributed by atoms with E-state index in [0.29, 0.717) is 11.4 Å². The van der Waals surface area contributed by atoms with Gasteiger partial charge >= 0.3 is 0 Å². The molecule has 16 heavy (non-hydrogen) atoms. The molecule has 2 aromatic rings. The lowest BCUT2D eigenvalue weighted by Gasteiger charge is -2.02. The lowest BCUT2D eigenvalue weighted by Crippen LogP contribution is -2.11. The second-order valence-corrected chi connectivity index (χ2v) is 5.60. The smallest absolute Gasteiger partial charge is 0.263 e. The summed E-state index contributed by atoms with van der Waals surface area (Å²) in [5.41, 5.74) is 1.00. The summed E-state index contributed by atoms with van der Waals surface area (Å²) in [4.78, 5) is 2.79. The lowest BCUT2D eigenvalue weighted by molar-refractivity contribution is 0.277. The number of aromatic nitrogens is 1. The molecule has 3 N–H and O–H groups in total. The van der Waals surface area contributed by atoms with E-state index in [0.717, 1.165) is 0 Å². The molecule has 2 rings (SSSR count). The number of aromatic amines is 1. The van der Waals surface area contributed by atoms with Crippen molar-refractivity contribution in [2.45, 2.75) is 11.5 Å². The Bertz CT molecular complexity index is 557. The van der Waals surface area contributed by atoms with Gasteiger partial charge in [-0.25, -0.2) is 8.42 Å². The van der Waals surface area contributed by atoms with Gasteiger partial charge in [0.25, 0.3) is 10.0 Å². The number of thiophene rings is 1. The van der Waals surface area contributed by atoms with Gasteiger partial charge in [-0.3, -0.25) is 4.72 Å². The van der Waals surface area contributed by atoms with E-state index in [-0.39, 0.29) is 11.5 Å². The Kier molecular flexibility index (Phi) is 2.99. The standard InChI is InChI=1S/C9H10N2O3S2/c12-5-8-3-9(4-10-8)16(13,14)11-7-1-2-15-6-7/h1-4,6,10-12H,5H2. The monoisotopic (exact) mass is 258 g/mol. The number of aliphatic hydroxyl groups is 1. The molecule has 0 spiro atoms. The van der Waals surface area contributed by atoms with Gasteiger partial charge in [0, 0.05) is 17.3 Å². The molecule has 0 aliphatic heterocycles. The third kappa shape index (κ3) is 2.26. The Morgan fingerprint density at radius 2 is 2.31 bits per heavy atom. The van der Waals surface area contributed by atoms with Crippen molar-refractivity contribution in [1.82, 2.24) is 4.98 Å². The Labute approximate surface area is 96.8 Å². The van der Waals surface area contributed by atoms with Gasteiger partial charge < -0.3 is 10.1 Å². The van der Waals surface area contributed by atoms with E-state index in [1.165, 1.54) is 23.6 Å². The summed E-state index contributed by atoms with van der Waals surface area (Å²) in [6.07, 6.45) is 1.35. The van der Waals surface area contributed by atoms with Crippen LogP contribution < -0.4 is 4.72 Å². The first-order chi connectivity index (χ1) is 7.62. The summed E-state index contributed by atoms with van der Waals surface area (Å²) in [7, 11) is -3.56. The molecule has 0 radical (unpaired) electrons. The van der Waals surface area contributed by atoms with E-state index in [1.807, 2.05) is 0 Å². The summed E-state index contributed by atoms with van der Waals surface area (Å²) in [6, 6.07) is 3.08. The van der Waals surface area contributed by atoms with Crippen LogP contribution >= 0.6 is 11.3 Å². The van der Waals surface area contributed by atoms with Crippen LogP contribution in [0.1, 0.15) is 5.69 Å². The molecule has 0 aromatic carbocycles. The molecular formula is C9H10N2O3S2. The summed E-state index contributed by atoms with van der Waals surface area (Å²) >= 11 is 1.41. The number of hydrogen-bond donors (Lipinski definition) is 3. The molecule has 0 aliphatic rings. The molecule has 2 heterocycles. The molecule has 2 aromatic heterocycles. The van der Waals surface area contributed by atoms with Crippen LogP contribution in [0, 0.1) is 0 Å². The van der Waals surface area contributed by atoms with Crippen LogP contribution in [0.3, 0.4) is 0 Å². The minimum atomic E-state index is -3.56. The summed E-state index contributed by atoms with van der Waals surface area (Å²) in [5.74, 6) is 0. The molecule has 0 fully saturated rings. The Morgan fingerprint density at radius 3 is 2.88 bits per heavy atom. The highest BCUT2D eigenvalue weighted by atomic mass is 32.2. The summed E-state index contributed by atoms with van der Waals surface area (Å²) < 4.78 is 26.1. The first-order valence-electron chi connectivity index (χ1n) is 4.45. The van der Waals surface area contributed by atoms with E-state index in [9.17, 15) is 8.42 Å². The van der Waals surface area contributed by atoms with Crippen molar-refractivity contribution in [1.29, 1.82) is 0 Å². The number of hydrogen-bond acceptors (Lipinski definition) is 4. The fraction of sp³-hybridized carbons (Fsp3) is 0.111. The van der Waals surface area contributed by atoms with Crippen molar-refractivity contribution >= 4 is 27.0 Å². The Morgan fingerprint density at radius 1 is 1.50 bits per heavy atom. The molecule has 5 nitrogen and oxygen atoms in total. The minimum Gasteiger partial charge on any atom is -0.390 e. The SMILES string of the molecule is O=S(=O)(Nc1ccsc1)c1c[nH]c(CO)c1. The molecule has 0 atom stereocenters. The van der Waals surface area contributed by atoms with Crippen molar-refractivity contribution in [3.05, 3.63) is 34.8 Å². The quantitative estimate of drug-likeness (QED) is 0.774. The predicted octanol–water partition coefficient (Wildman–Crippen LogP) is 1.37. The molecule has 0 aliphatic carbocycles. The lowest BCUT2D eigenvalue weighted by atomic mass is 10.5. The van der Waals surface area contributed by atoms with Crippen molar-refractivity contribution in [2.24, 2.45) is 0 Å². The van der Waals surface area contributed by atoms with Crippen molar-refractivity contribution < 1.29 is 13.5 Å². The zero-order valence-electron chi connectivity index (χ0n) is 8.17. The fourth-order valence-electron chi connectivity index (χ4n) is 1.20. The maximum absolute atomic E-state index is 11.8. The van der Waals surface area contributed by atoms with Crippen molar-refractivity contribution in [2.75, 3.05) is 4.72 Å². The first kappa shape index (κ1) is 11.2. The third-order valence-electron chi connectivity index (χ3n) is 1.97. The number of anilines is 1. The number of rotatable bonds is 4. The highest BCUT2D eigenvalue weighted by Crippen LogP contribution is 2.18. The van der Waals surface area contributed by atoms with E-state index in [1.54, 1.807) is 16.8 Å². The average Bonchev–Trinajstić information content (AvgIpc) is 2.85. The van der Waals surface area contributed by atoms with E-state index in [4.69, 9.17) is 5.11 Å². The number of sulfonamides is 1. The molecular weight excluding hydrogens is 248 g/mol. The van der Waals surface area contributed by atoms with Crippen molar-refractivity contribution in [3.8, 4) is 0 Å². The molecule has 0 unspecified atom stereocenters. The molecule has 0 amide bonds. The zero-order chi connectivity index (χ0) is 11.6. The highest BCUT2D eigenvalue weighted by Gasteiger charge is 2.15. The van der Waals surface area contributed by atoms with Crippen LogP contribution in [0.25, 0.3) is 0 Å². The maximum atomic E-state index is 11.8. The van der Waals surface area contributed by atoms with E-state index < -0.39 is 10.0 Å². The van der Waals surface area contributed by atoms with E-state index in [2.05, 4.69) is 9.71 Å². The van der Waals surface area contributed by atoms with Gasteiger partial charge in [-0.15, -0.1) is 0 Å². The van der Waals surface area contributed by atoms with Crippen LogP contribution in [0.5, 0.6) is 0 Å². The molecule has 7 heteroatoms. The predicted molar refractivity (Wildman–Crippen MR) is 61.8 cm³/mol. The van der Waals surface area contributed by atoms with Crippen LogP contribution in [-0.2, 0) is 16.6 Å². The van der Waals surface area contributed by atoms with E-state index >= 15 is 0 Å². The number of H-pyrrole nitrogens is 1. The van der Waals surface area contributed by atoms with Gasteiger partial charge in [-0.1, -0.05) is 0 Å². The fourth-order valence-corrected chi connectivity index (χ4v) is 2.93. The molecule has 0 saturated heterocycles. The van der Waals surface area contributed by atoms with Crippen LogP contribution in [0.15, 0.2) is 34.0 Å². The second kappa shape index (κ2) is 4.28. The largest absolute Gasteiger partial charge is 0.390 e. The van der Waals surface area contributed by atoms with Gasteiger partial charge in [-0.05, 0) is 17.5 Å². The maximum Gasteiger partial charge on any atom is 0.263 e. The van der Waals surface area contributed by atoms with Crippen LogP contribution in [0.2, 0.25) is 0 Å². The van der Waals surface area contributed by atoms with Crippen molar-refractivity contribution in [3.63, 3.8) is 0 Å². The second-order valence-electron chi connectivity index (χ2n) is 3.14. The third-order valence-corrected chi connectivity index (χ3v) is 4.01. The van der Waals surface area contributed by atoms with Gasteiger partial charge in [0.05, 0.1) is 12.3 Å². The molecule has 86 valence electrons. The Hall–Kier alpha value is -1.31. The van der Waals surface area contributed by atoms with Gasteiger partial charge in [-0.2, -0.15) is 11.3 Å². The van der Waals surface area contributed by atoms with Gasteiger partial charge in [0.1, 0.15) is 4.90 Å². The topological polar surface area (TPSA) is 82.2 Å². The normalized spacial score (nSPS) is 11.6. The Balaban J connectivity index is 2.25. The molecule has 0 saturated carbocycles. The van der Waals surface area contributed by atoms with Crippen LogP contribution in [-0.4, -0.2) is 18.5 Å². The van der Waals surface area contributed by atoms with Crippen LogP contribution in [0.4, 0.5) is 5.69 Å². The summed E-state index contributed by atoms with van der Waals surface area (Å²) in [5, 5.41) is 12.3.